The molecular weight excluding hydrogens is 384 g/mol. The van der Waals surface area contributed by atoms with Crippen molar-refractivity contribution in [3.05, 3.63) is 88.7 Å². The van der Waals surface area contributed by atoms with Crippen molar-refractivity contribution in [3.8, 4) is 5.75 Å². The van der Waals surface area contributed by atoms with Crippen molar-refractivity contribution < 1.29 is 9.53 Å². The van der Waals surface area contributed by atoms with Crippen LogP contribution >= 0.6 is 11.6 Å². The summed E-state index contributed by atoms with van der Waals surface area (Å²) in [6.45, 7) is 6.08. The topological polar surface area (TPSA) is 34.5 Å². The van der Waals surface area contributed by atoms with Gasteiger partial charge in [0, 0.05) is 30.0 Å². The molecule has 0 radical (unpaired) electrons. The highest BCUT2D eigenvalue weighted by Crippen LogP contribution is 2.22. The summed E-state index contributed by atoms with van der Waals surface area (Å²) in [4.78, 5) is 15.2. The van der Waals surface area contributed by atoms with Crippen molar-refractivity contribution in [2.24, 2.45) is 5.92 Å². The van der Waals surface area contributed by atoms with Gasteiger partial charge in [-0.05, 0) is 41.8 Å². The van der Waals surface area contributed by atoms with Crippen LogP contribution in [0.4, 0.5) is 0 Å². The fourth-order valence-electron chi connectivity index (χ4n) is 3.40. The predicted octanol–water partition coefficient (Wildman–Crippen LogP) is 5.50. The molecule has 0 N–H and O–H groups in total. The molecule has 0 bridgehead atoms. The van der Waals surface area contributed by atoms with Gasteiger partial charge in [-0.25, -0.2) is 0 Å². The molecule has 0 saturated carbocycles. The molecule has 0 unspecified atom stereocenters. The van der Waals surface area contributed by atoms with E-state index in [1.54, 1.807) is 7.11 Å². The highest BCUT2D eigenvalue weighted by Gasteiger charge is 2.21. The van der Waals surface area contributed by atoms with Gasteiger partial charge < -0.3 is 14.2 Å². The molecule has 3 rings (SSSR count). The number of nitrogens with zero attached hydrogens (tertiary/aromatic N) is 2. The van der Waals surface area contributed by atoms with Crippen molar-refractivity contribution in [1.82, 2.24) is 9.47 Å². The summed E-state index contributed by atoms with van der Waals surface area (Å²) in [6, 6.07) is 19.3. The Morgan fingerprint density at radius 3 is 2.52 bits per heavy atom. The molecule has 29 heavy (non-hydrogen) atoms. The Balaban J connectivity index is 1.86. The van der Waals surface area contributed by atoms with E-state index in [0.29, 0.717) is 36.9 Å². The van der Waals surface area contributed by atoms with E-state index in [2.05, 4.69) is 24.5 Å². The maximum atomic E-state index is 13.3. The fourth-order valence-corrected chi connectivity index (χ4v) is 3.60. The summed E-state index contributed by atoms with van der Waals surface area (Å²) in [5, 5.41) is 0.747. The smallest absolute Gasteiger partial charge is 0.257 e. The first-order valence-corrected chi connectivity index (χ1v) is 10.2. The van der Waals surface area contributed by atoms with Gasteiger partial charge in [-0.15, -0.1) is 0 Å². The third-order valence-electron chi connectivity index (χ3n) is 4.79. The summed E-state index contributed by atoms with van der Waals surface area (Å²) >= 11 is 6.34. The summed E-state index contributed by atoms with van der Waals surface area (Å²) in [7, 11) is 1.59. The number of halogens is 1. The molecule has 0 spiro atoms. The van der Waals surface area contributed by atoms with Gasteiger partial charge in [0.15, 0.2) is 0 Å². The van der Waals surface area contributed by atoms with Crippen molar-refractivity contribution >= 4 is 17.5 Å². The van der Waals surface area contributed by atoms with Crippen molar-refractivity contribution in [2.75, 3.05) is 13.7 Å². The van der Waals surface area contributed by atoms with Crippen LogP contribution in [0, 0.1) is 5.92 Å². The van der Waals surface area contributed by atoms with E-state index < -0.39 is 0 Å². The van der Waals surface area contributed by atoms with Gasteiger partial charge in [0.1, 0.15) is 5.75 Å². The number of carbonyl (C=O) groups excluding carboxylic acids is 1. The molecule has 2 aromatic carbocycles. The van der Waals surface area contributed by atoms with Gasteiger partial charge in [-0.1, -0.05) is 55.8 Å². The predicted molar refractivity (Wildman–Crippen MR) is 118 cm³/mol. The van der Waals surface area contributed by atoms with Crippen LogP contribution in [-0.2, 0) is 13.1 Å². The lowest BCUT2D eigenvalue weighted by Gasteiger charge is -2.26. The molecule has 0 fully saturated rings. The van der Waals surface area contributed by atoms with Gasteiger partial charge >= 0.3 is 0 Å². The van der Waals surface area contributed by atoms with E-state index >= 15 is 0 Å². The third-order valence-corrected chi connectivity index (χ3v) is 5.15. The van der Waals surface area contributed by atoms with Gasteiger partial charge in [0.05, 0.1) is 19.2 Å². The van der Waals surface area contributed by atoms with Crippen molar-refractivity contribution in [3.63, 3.8) is 0 Å². The zero-order valence-electron chi connectivity index (χ0n) is 17.1. The molecule has 0 aliphatic carbocycles. The number of aromatic nitrogens is 1. The second-order valence-electron chi connectivity index (χ2n) is 7.50. The molecule has 1 amide bonds. The van der Waals surface area contributed by atoms with Crippen LogP contribution < -0.4 is 4.74 Å². The van der Waals surface area contributed by atoms with Gasteiger partial charge in [-0.3, -0.25) is 4.79 Å². The van der Waals surface area contributed by atoms with Crippen LogP contribution in [0.15, 0.2) is 66.9 Å². The fraction of sp³-hybridized carbons (Fsp3) is 0.292. The first kappa shape index (κ1) is 21.0. The van der Waals surface area contributed by atoms with Crippen LogP contribution in [0.3, 0.4) is 0 Å². The standard InChI is InChI=1S/C24H27ClN2O2/c1-18(2)15-27(24(28)21-11-5-7-13-23(21)29-3)17-20-10-8-14-26(20)16-19-9-4-6-12-22(19)25/h4-14,18H,15-17H2,1-3H3. The maximum absolute atomic E-state index is 13.3. The first-order valence-electron chi connectivity index (χ1n) is 9.79. The summed E-state index contributed by atoms with van der Waals surface area (Å²) < 4.78 is 7.55. The largest absolute Gasteiger partial charge is 0.496 e. The molecule has 1 heterocycles. The number of hydrogen-bond acceptors (Lipinski definition) is 2. The Morgan fingerprint density at radius 1 is 1.07 bits per heavy atom. The molecular formula is C24H27ClN2O2. The molecule has 1 aromatic heterocycles. The van der Waals surface area contributed by atoms with E-state index in [0.717, 1.165) is 16.3 Å². The number of para-hydroxylation sites is 1. The minimum atomic E-state index is -0.0263. The highest BCUT2D eigenvalue weighted by atomic mass is 35.5. The molecule has 0 aliphatic heterocycles. The quantitative estimate of drug-likeness (QED) is 0.491. The third kappa shape index (κ3) is 5.21. The van der Waals surface area contributed by atoms with Crippen molar-refractivity contribution in [1.29, 1.82) is 0 Å². The van der Waals surface area contributed by atoms with E-state index in [1.807, 2.05) is 65.7 Å². The number of hydrogen-bond donors (Lipinski definition) is 0. The van der Waals surface area contributed by atoms with Gasteiger partial charge in [-0.2, -0.15) is 0 Å². The number of ether oxygens (including phenoxy) is 1. The number of methoxy groups -OCH3 is 1. The van der Waals surface area contributed by atoms with Crippen LogP contribution in [-0.4, -0.2) is 29.0 Å². The normalized spacial score (nSPS) is 10.9. The SMILES string of the molecule is COc1ccccc1C(=O)N(Cc1cccn1Cc1ccccc1Cl)CC(C)C. The molecule has 152 valence electrons. The lowest BCUT2D eigenvalue weighted by atomic mass is 10.1. The Kier molecular flexibility index (Phi) is 6.99. The van der Waals surface area contributed by atoms with E-state index in [9.17, 15) is 4.79 Å². The van der Waals surface area contributed by atoms with E-state index in [1.165, 1.54) is 0 Å². The second kappa shape index (κ2) is 9.66. The molecule has 0 atom stereocenters. The summed E-state index contributed by atoms with van der Waals surface area (Å²) in [6.07, 6.45) is 2.03. The molecule has 5 heteroatoms. The molecule has 4 nitrogen and oxygen atoms in total. The van der Waals surface area contributed by atoms with E-state index in [-0.39, 0.29) is 5.91 Å². The van der Waals surface area contributed by atoms with Crippen LogP contribution in [0.25, 0.3) is 0 Å². The second-order valence-corrected chi connectivity index (χ2v) is 7.91. The highest BCUT2D eigenvalue weighted by molar-refractivity contribution is 6.31. The Bertz CT molecular complexity index is 965. The zero-order chi connectivity index (χ0) is 20.8. The average molecular weight is 411 g/mol. The monoisotopic (exact) mass is 410 g/mol. The lowest BCUT2D eigenvalue weighted by Crippen LogP contribution is -2.34. The molecule has 3 aromatic rings. The average Bonchev–Trinajstić information content (AvgIpc) is 3.15. The molecule has 0 aliphatic rings. The number of amides is 1. The van der Waals surface area contributed by atoms with Crippen molar-refractivity contribution in [2.45, 2.75) is 26.9 Å². The first-order chi connectivity index (χ1) is 14.0. The Labute approximate surface area is 177 Å². The van der Waals surface area contributed by atoms with Crippen LogP contribution in [0.5, 0.6) is 5.75 Å². The number of rotatable bonds is 8. The summed E-state index contributed by atoms with van der Waals surface area (Å²) in [5.74, 6) is 0.917. The van der Waals surface area contributed by atoms with Crippen LogP contribution in [0.1, 0.15) is 35.5 Å². The minimum absolute atomic E-state index is 0.0263. The Morgan fingerprint density at radius 2 is 1.79 bits per heavy atom. The van der Waals surface area contributed by atoms with Gasteiger partial charge in [0.2, 0.25) is 0 Å². The van der Waals surface area contributed by atoms with Gasteiger partial charge in [0.25, 0.3) is 5.91 Å². The Hall–Kier alpha value is -2.72. The molecule has 0 saturated heterocycles. The van der Waals surface area contributed by atoms with E-state index in [4.69, 9.17) is 16.3 Å². The number of carbonyl (C=O) groups is 1. The zero-order valence-corrected chi connectivity index (χ0v) is 17.9. The lowest BCUT2D eigenvalue weighted by molar-refractivity contribution is 0.0715. The van der Waals surface area contributed by atoms with Crippen LogP contribution in [0.2, 0.25) is 5.02 Å². The number of benzene rings is 2. The minimum Gasteiger partial charge on any atom is -0.496 e. The maximum Gasteiger partial charge on any atom is 0.257 e. The summed E-state index contributed by atoms with van der Waals surface area (Å²) in [5.41, 5.74) is 2.70.